The lowest BCUT2D eigenvalue weighted by Crippen LogP contribution is -2.14. The zero-order chi connectivity index (χ0) is 14.8. The smallest absolute Gasteiger partial charge is 0.189 e. The number of aryl methyl sites for hydroxylation is 1. The van der Waals surface area contributed by atoms with Gasteiger partial charge in [-0.1, -0.05) is 23.2 Å². The van der Waals surface area contributed by atoms with Crippen molar-refractivity contribution in [1.29, 1.82) is 0 Å². The normalized spacial score (nSPS) is 13.5. The summed E-state index contributed by atoms with van der Waals surface area (Å²) in [7, 11) is 0. The monoisotopic (exact) mass is 324 g/mol. The number of halogens is 2. The molecule has 0 atom stereocenters. The highest BCUT2D eigenvalue weighted by atomic mass is 35.5. The third kappa shape index (κ3) is 3.26. The molecule has 0 fully saturated rings. The lowest BCUT2D eigenvalue weighted by molar-refractivity contribution is -0.0175. The predicted octanol–water partition coefficient (Wildman–Crippen LogP) is 4.75. The molecule has 0 amide bonds. The molecular formula is C16H14Cl2O3. The molecule has 2 aromatic carbocycles. The molecule has 3 nitrogen and oxygen atoms in total. The van der Waals surface area contributed by atoms with Crippen LogP contribution < -0.4 is 9.47 Å². The zero-order valence-corrected chi connectivity index (χ0v) is 13.0. The molecule has 1 aliphatic heterocycles. The van der Waals surface area contributed by atoms with Crippen molar-refractivity contribution in [3.05, 3.63) is 57.1 Å². The van der Waals surface area contributed by atoms with Crippen LogP contribution in [-0.2, 0) is 18.0 Å². The maximum absolute atomic E-state index is 6.13. The molecule has 1 heterocycles. The van der Waals surface area contributed by atoms with Gasteiger partial charge in [-0.25, -0.2) is 0 Å². The molecule has 1 aliphatic rings. The van der Waals surface area contributed by atoms with E-state index in [0.717, 1.165) is 33.2 Å². The van der Waals surface area contributed by atoms with Crippen molar-refractivity contribution in [2.45, 2.75) is 20.1 Å². The summed E-state index contributed by atoms with van der Waals surface area (Å²) < 4.78 is 16.6. The van der Waals surface area contributed by atoms with Crippen molar-refractivity contribution >= 4 is 23.2 Å². The number of hydrogen-bond acceptors (Lipinski definition) is 3. The summed E-state index contributed by atoms with van der Waals surface area (Å²) in [5.41, 5.74) is 2.83. The summed E-state index contributed by atoms with van der Waals surface area (Å²) in [6.07, 6.45) is 0. The van der Waals surface area contributed by atoms with E-state index in [0.29, 0.717) is 18.2 Å². The Hall–Kier alpha value is -1.42. The van der Waals surface area contributed by atoms with Crippen LogP contribution in [0.2, 0.25) is 10.0 Å². The first-order valence-electron chi connectivity index (χ1n) is 6.54. The van der Waals surface area contributed by atoms with Gasteiger partial charge in [-0.3, -0.25) is 0 Å². The van der Waals surface area contributed by atoms with Gasteiger partial charge in [0, 0.05) is 21.2 Å². The van der Waals surface area contributed by atoms with Gasteiger partial charge in [0.25, 0.3) is 0 Å². The maximum atomic E-state index is 6.13. The fourth-order valence-electron chi connectivity index (χ4n) is 2.23. The van der Waals surface area contributed by atoms with Crippen molar-refractivity contribution in [2.24, 2.45) is 0 Å². The Bertz CT molecular complexity index is 671. The Balaban J connectivity index is 1.81. The van der Waals surface area contributed by atoms with Crippen LogP contribution in [0, 0.1) is 6.92 Å². The van der Waals surface area contributed by atoms with Crippen LogP contribution in [0.4, 0.5) is 0 Å². The SMILES string of the molecule is Cc1cc(OCc2cc(Cl)cc3c2OCOC3)ccc1Cl. The van der Waals surface area contributed by atoms with E-state index in [1.807, 2.05) is 37.3 Å². The standard InChI is InChI=1S/C16H14Cl2O3/c1-10-4-14(2-3-15(10)18)20-8-12-6-13(17)5-11-7-19-9-21-16(11)12/h2-6H,7-9H2,1H3. The van der Waals surface area contributed by atoms with Crippen LogP contribution in [0.3, 0.4) is 0 Å². The van der Waals surface area contributed by atoms with Crippen molar-refractivity contribution in [2.75, 3.05) is 6.79 Å². The van der Waals surface area contributed by atoms with E-state index >= 15 is 0 Å². The molecule has 0 bridgehead atoms. The van der Waals surface area contributed by atoms with Crippen molar-refractivity contribution in [3.8, 4) is 11.5 Å². The minimum absolute atomic E-state index is 0.252. The fourth-order valence-corrected chi connectivity index (χ4v) is 2.61. The summed E-state index contributed by atoms with van der Waals surface area (Å²) in [4.78, 5) is 0. The number of benzene rings is 2. The van der Waals surface area contributed by atoms with E-state index in [9.17, 15) is 0 Å². The minimum Gasteiger partial charge on any atom is -0.489 e. The predicted molar refractivity (Wildman–Crippen MR) is 82.3 cm³/mol. The van der Waals surface area contributed by atoms with Crippen molar-refractivity contribution in [3.63, 3.8) is 0 Å². The molecule has 5 heteroatoms. The Morgan fingerprint density at radius 2 is 2.05 bits per heavy atom. The van der Waals surface area contributed by atoms with Gasteiger partial charge in [-0.15, -0.1) is 0 Å². The topological polar surface area (TPSA) is 27.7 Å². The van der Waals surface area contributed by atoms with Crippen LogP contribution >= 0.6 is 23.2 Å². The van der Waals surface area contributed by atoms with E-state index in [-0.39, 0.29) is 6.79 Å². The lowest BCUT2D eigenvalue weighted by Gasteiger charge is -2.21. The van der Waals surface area contributed by atoms with Crippen LogP contribution in [-0.4, -0.2) is 6.79 Å². The molecule has 0 aliphatic carbocycles. The highest BCUT2D eigenvalue weighted by Gasteiger charge is 2.16. The second kappa shape index (κ2) is 6.14. The molecule has 0 saturated heterocycles. The molecule has 0 radical (unpaired) electrons. The zero-order valence-electron chi connectivity index (χ0n) is 11.5. The van der Waals surface area contributed by atoms with Gasteiger partial charge in [-0.2, -0.15) is 0 Å². The number of rotatable bonds is 3. The third-order valence-electron chi connectivity index (χ3n) is 3.28. The van der Waals surface area contributed by atoms with Gasteiger partial charge < -0.3 is 14.2 Å². The van der Waals surface area contributed by atoms with E-state index in [1.54, 1.807) is 0 Å². The number of ether oxygens (including phenoxy) is 3. The van der Waals surface area contributed by atoms with Crippen LogP contribution in [0.15, 0.2) is 30.3 Å². The van der Waals surface area contributed by atoms with Crippen LogP contribution in [0.1, 0.15) is 16.7 Å². The molecule has 2 aromatic rings. The molecule has 110 valence electrons. The quantitative estimate of drug-likeness (QED) is 0.815. The van der Waals surface area contributed by atoms with E-state index in [4.69, 9.17) is 37.4 Å². The van der Waals surface area contributed by atoms with Gasteiger partial charge in [0.05, 0.1) is 6.61 Å². The van der Waals surface area contributed by atoms with Crippen molar-refractivity contribution in [1.82, 2.24) is 0 Å². The van der Waals surface area contributed by atoms with E-state index in [2.05, 4.69) is 0 Å². The Morgan fingerprint density at radius 3 is 2.86 bits per heavy atom. The highest BCUT2D eigenvalue weighted by Crippen LogP contribution is 2.32. The average Bonchev–Trinajstić information content (AvgIpc) is 2.48. The second-order valence-corrected chi connectivity index (χ2v) is 5.71. The van der Waals surface area contributed by atoms with Gasteiger partial charge in [0.1, 0.15) is 18.1 Å². The molecule has 0 N–H and O–H groups in total. The Labute approximate surface area is 133 Å². The summed E-state index contributed by atoms with van der Waals surface area (Å²) in [5, 5.41) is 1.37. The molecular weight excluding hydrogens is 311 g/mol. The first-order valence-corrected chi connectivity index (χ1v) is 7.30. The maximum Gasteiger partial charge on any atom is 0.189 e. The fraction of sp³-hybridized carbons (Fsp3) is 0.250. The lowest BCUT2D eigenvalue weighted by atomic mass is 10.1. The summed E-state index contributed by atoms with van der Waals surface area (Å²) in [6.45, 7) is 3.07. The highest BCUT2D eigenvalue weighted by molar-refractivity contribution is 6.31. The largest absolute Gasteiger partial charge is 0.489 e. The summed E-state index contributed by atoms with van der Waals surface area (Å²) >= 11 is 12.1. The first kappa shape index (κ1) is 14.5. The van der Waals surface area contributed by atoms with Gasteiger partial charge in [0.15, 0.2) is 6.79 Å². The summed E-state index contributed by atoms with van der Waals surface area (Å²) in [6, 6.07) is 9.28. The molecule has 0 saturated carbocycles. The molecule has 21 heavy (non-hydrogen) atoms. The second-order valence-electron chi connectivity index (χ2n) is 4.86. The van der Waals surface area contributed by atoms with E-state index < -0.39 is 0 Å². The van der Waals surface area contributed by atoms with Crippen LogP contribution in [0.5, 0.6) is 11.5 Å². The molecule has 0 unspecified atom stereocenters. The van der Waals surface area contributed by atoms with Crippen molar-refractivity contribution < 1.29 is 14.2 Å². The number of hydrogen-bond donors (Lipinski definition) is 0. The van der Waals surface area contributed by atoms with Gasteiger partial charge in [0.2, 0.25) is 0 Å². The number of fused-ring (bicyclic) bond motifs is 1. The van der Waals surface area contributed by atoms with Gasteiger partial charge in [-0.05, 0) is 42.8 Å². The molecule has 0 aromatic heterocycles. The Morgan fingerprint density at radius 1 is 1.19 bits per heavy atom. The Kier molecular flexibility index (Phi) is 4.24. The minimum atomic E-state index is 0.252. The average molecular weight is 325 g/mol. The molecule has 3 rings (SSSR count). The van der Waals surface area contributed by atoms with Crippen LogP contribution in [0.25, 0.3) is 0 Å². The molecule has 0 spiro atoms. The third-order valence-corrected chi connectivity index (χ3v) is 3.92. The summed E-state index contributed by atoms with van der Waals surface area (Å²) in [5.74, 6) is 1.56. The van der Waals surface area contributed by atoms with Gasteiger partial charge >= 0.3 is 0 Å². The first-order chi connectivity index (χ1) is 10.1. The van der Waals surface area contributed by atoms with E-state index in [1.165, 1.54) is 0 Å².